The van der Waals surface area contributed by atoms with E-state index in [4.69, 9.17) is 0 Å². The smallest absolute Gasteiger partial charge is 0.0236 e. The number of hydrogen-bond acceptors (Lipinski definition) is 3. The van der Waals surface area contributed by atoms with Crippen LogP contribution in [0.4, 0.5) is 0 Å². The summed E-state index contributed by atoms with van der Waals surface area (Å²) in [6.07, 6.45) is 4.70. The molecule has 0 amide bonds. The second-order valence-corrected chi connectivity index (χ2v) is 5.77. The number of thioether (sulfide) groups is 1. The summed E-state index contributed by atoms with van der Waals surface area (Å²) in [6, 6.07) is 9.77. The third-order valence-corrected chi connectivity index (χ3v) is 4.52. The van der Waals surface area contributed by atoms with Crippen LogP contribution in [0.3, 0.4) is 0 Å². The zero-order valence-electron chi connectivity index (χ0n) is 11.5. The number of nitrogens with one attached hydrogen (secondary N) is 1. The zero-order chi connectivity index (χ0) is 12.8. The van der Waals surface area contributed by atoms with Crippen LogP contribution < -0.4 is 5.32 Å². The molecule has 0 aromatic heterocycles. The Morgan fingerprint density at radius 1 is 1.22 bits per heavy atom. The fraction of sp³-hybridized carbons (Fsp3) is 0.600. The summed E-state index contributed by atoms with van der Waals surface area (Å²) >= 11 is 1.81. The summed E-state index contributed by atoms with van der Waals surface area (Å²) in [4.78, 5) is 3.97. The highest BCUT2D eigenvalue weighted by molar-refractivity contribution is 7.98. The summed E-state index contributed by atoms with van der Waals surface area (Å²) in [5.41, 5.74) is 1.44. The van der Waals surface area contributed by atoms with Crippen LogP contribution in [0.1, 0.15) is 25.3 Å². The minimum Gasteiger partial charge on any atom is -0.317 e. The van der Waals surface area contributed by atoms with Gasteiger partial charge in [-0.3, -0.25) is 4.90 Å². The van der Waals surface area contributed by atoms with Crippen LogP contribution in [0.5, 0.6) is 0 Å². The van der Waals surface area contributed by atoms with Gasteiger partial charge in [0.1, 0.15) is 0 Å². The van der Waals surface area contributed by atoms with E-state index in [1.807, 2.05) is 11.8 Å². The Morgan fingerprint density at radius 3 is 2.44 bits per heavy atom. The quantitative estimate of drug-likeness (QED) is 0.823. The summed E-state index contributed by atoms with van der Waals surface area (Å²) < 4.78 is 0. The first kappa shape index (κ1) is 13.9. The maximum Gasteiger partial charge on any atom is 0.0236 e. The van der Waals surface area contributed by atoms with Crippen molar-refractivity contribution >= 4 is 11.8 Å². The predicted molar refractivity (Wildman–Crippen MR) is 80.2 cm³/mol. The monoisotopic (exact) mass is 264 g/mol. The van der Waals surface area contributed by atoms with Crippen molar-refractivity contribution in [3.63, 3.8) is 0 Å². The summed E-state index contributed by atoms with van der Waals surface area (Å²) in [5, 5.41) is 3.44. The minimum absolute atomic E-state index is 0.761. The maximum atomic E-state index is 3.44. The topological polar surface area (TPSA) is 15.3 Å². The van der Waals surface area contributed by atoms with E-state index in [1.54, 1.807) is 0 Å². The lowest BCUT2D eigenvalue weighted by Crippen LogP contribution is -2.42. The van der Waals surface area contributed by atoms with E-state index in [1.165, 1.54) is 36.4 Å². The lowest BCUT2D eigenvalue weighted by Gasteiger charge is -2.33. The van der Waals surface area contributed by atoms with Gasteiger partial charge in [0.15, 0.2) is 0 Å². The van der Waals surface area contributed by atoms with E-state index < -0.39 is 0 Å². The van der Waals surface area contributed by atoms with Crippen LogP contribution in [-0.4, -0.2) is 36.8 Å². The fourth-order valence-corrected chi connectivity index (χ4v) is 3.04. The molecule has 2 rings (SSSR count). The molecule has 1 heterocycles. The van der Waals surface area contributed by atoms with Gasteiger partial charge in [0.2, 0.25) is 0 Å². The van der Waals surface area contributed by atoms with E-state index in [0.29, 0.717) is 0 Å². The van der Waals surface area contributed by atoms with Gasteiger partial charge in [-0.2, -0.15) is 0 Å². The standard InChI is InChI=1S/C15H24N2S/c1-3-17(14-8-10-16-11-9-14)12-13-4-6-15(18-2)7-5-13/h4-7,14,16H,3,8-12H2,1-2H3. The highest BCUT2D eigenvalue weighted by Gasteiger charge is 2.19. The van der Waals surface area contributed by atoms with Gasteiger partial charge in [0.05, 0.1) is 0 Å². The first-order chi connectivity index (χ1) is 8.83. The normalized spacial score (nSPS) is 17.3. The van der Waals surface area contributed by atoms with Crippen LogP contribution in [0.25, 0.3) is 0 Å². The number of piperidine rings is 1. The van der Waals surface area contributed by atoms with Crippen LogP contribution >= 0.6 is 11.8 Å². The highest BCUT2D eigenvalue weighted by atomic mass is 32.2. The summed E-state index contributed by atoms with van der Waals surface area (Å²) in [6.45, 7) is 6.86. The Bertz CT molecular complexity index is 344. The first-order valence-electron chi connectivity index (χ1n) is 6.91. The molecule has 0 aliphatic carbocycles. The number of benzene rings is 1. The van der Waals surface area contributed by atoms with Gasteiger partial charge < -0.3 is 5.32 Å². The lowest BCUT2D eigenvalue weighted by atomic mass is 10.0. The number of hydrogen-bond donors (Lipinski definition) is 1. The molecule has 1 aliphatic heterocycles. The Labute approximate surface area is 115 Å². The second-order valence-electron chi connectivity index (χ2n) is 4.89. The molecular formula is C15H24N2S. The molecule has 1 fully saturated rings. The van der Waals surface area contributed by atoms with Crippen molar-refractivity contribution in [1.82, 2.24) is 10.2 Å². The molecule has 0 bridgehead atoms. The molecule has 0 spiro atoms. The van der Waals surface area contributed by atoms with Crippen LogP contribution in [0.2, 0.25) is 0 Å². The Hall–Kier alpha value is -0.510. The molecule has 0 unspecified atom stereocenters. The van der Waals surface area contributed by atoms with Crippen molar-refractivity contribution in [2.45, 2.75) is 37.2 Å². The van der Waals surface area contributed by atoms with Crippen molar-refractivity contribution in [3.8, 4) is 0 Å². The molecule has 0 radical (unpaired) electrons. The Morgan fingerprint density at radius 2 is 1.89 bits per heavy atom. The van der Waals surface area contributed by atoms with E-state index >= 15 is 0 Å². The molecule has 1 aliphatic rings. The van der Waals surface area contributed by atoms with Gasteiger partial charge in [0, 0.05) is 17.5 Å². The van der Waals surface area contributed by atoms with Gasteiger partial charge >= 0.3 is 0 Å². The van der Waals surface area contributed by atoms with Crippen LogP contribution in [-0.2, 0) is 6.54 Å². The van der Waals surface area contributed by atoms with E-state index in [9.17, 15) is 0 Å². The van der Waals surface area contributed by atoms with Crippen molar-refractivity contribution in [3.05, 3.63) is 29.8 Å². The lowest BCUT2D eigenvalue weighted by molar-refractivity contribution is 0.162. The zero-order valence-corrected chi connectivity index (χ0v) is 12.3. The van der Waals surface area contributed by atoms with Gasteiger partial charge in [-0.05, 0) is 56.4 Å². The molecule has 1 saturated heterocycles. The largest absolute Gasteiger partial charge is 0.317 e. The number of rotatable bonds is 5. The molecule has 1 N–H and O–H groups in total. The SMILES string of the molecule is CCN(Cc1ccc(SC)cc1)C1CCNCC1. The van der Waals surface area contributed by atoms with Gasteiger partial charge in [-0.25, -0.2) is 0 Å². The van der Waals surface area contributed by atoms with Gasteiger partial charge in [-0.1, -0.05) is 19.1 Å². The molecule has 1 aromatic carbocycles. The average Bonchev–Trinajstić information content (AvgIpc) is 2.46. The second kappa shape index (κ2) is 7.17. The van der Waals surface area contributed by atoms with Crippen molar-refractivity contribution in [2.24, 2.45) is 0 Å². The fourth-order valence-electron chi connectivity index (χ4n) is 2.64. The molecule has 0 atom stereocenters. The molecule has 1 aromatic rings. The molecule has 18 heavy (non-hydrogen) atoms. The van der Waals surface area contributed by atoms with Crippen molar-refractivity contribution in [2.75, 3.05) is 25.9 Å². The van der Waals surface area contributed by atoms with Crippen molar-refractivity contribution in [1.29, 1.82) is 0 Å². The highest BCUT2D eigenvalue weighted by Crippen LogP contribution is 2.18. The third kappa shape index (κ3) is 3.74. The molecule has 100 valence electrons. The molecule has 3 heteroatoms. The molecular weight excluding hydrogens is 240 g/mol. The van der Waals surface area contributed by atoms with E-state index in [2.05, 4.69) is 47.7 Å². The summed E-state index contributed by atoms with van der Waals surface area (Å²) in [7, 11) is 0. The average molecular weight is 264 g/mol. The van der Waals surface area contributed by atoms with Crippen LogP contribution in [0.15, 0.2) is 29.2 Å². The Kier molecular flexibility index (Phi) is 5.54. The summed E-state index contributed by atoms with van der Waals surface area (Å²) in [5.74, 6) is 0. The maximum absolute atomic E-state index is 3.44. The molecule has 2 nitrogen and oxygen atoms in total. The third-order valence-electron chi connectivity index (χ3n) is 3.78. The minimum atomic E-state index is 0.761. The van der Waals surface area contributed by atoms with Gasteiger partial charge in [-0.15, -0.1) is 11.8 Å². The Balaban J connectivity index is 1.95. The van der Waals surface area contributed by atoms with E-state index in [-0.39, 0.29) is 0 Å². The molecule has 0 saturated carbocycles. The number of nitrogens with zero attached hydrogens (tertiary/aromatic N) is 1. The first-order valence-corrected chi connectivity index (χ1v) is 8.13. The van der Waals surface area contributed by atoms with Gasteiger partial charge in [0.25, 0.3) is 0 Å². The van der Waals surface area contributed by atoms with E-state index in [0.717, 1.165) is 19.1 Å². The van der Waals surface area contributed by atoms with Crippen LogP contribution in [0, 0.1) is 0 Å². The predicted octanol–water partition coefficient (Wildman–Crippen LogP) is 2.98. The van der Waals surface area contributed by atoms with Crippen molar-refractivity contribution < 1.29 is 0 Å².